The zero-order chi connectivity index (χ0) is 14.4. The van der Waals surface area contributed by atoms with Crippen molar-refractivity contribution in [3.63, 3.8) is 0 Å². The molecule has 1 unspecified atom stereocenters. The van der Waals surface area contributed by atoms with E-state index in [0.29, 0.717) is 11.3 Å². The van der Waals surface area contributed by atoms with Crippen molar-refractivity contribution in [2.24, 2.45) is 0 Å². The molecule has 0 aromatic heterocycles. The van der Waals surface area contributed by atoms with Crippen LogP contribution in [0, 0.1) is 0 Å². The van der Waals surface area contributed by atoms with E-state index in [4.69, 9.17) is 14.2 Å². The predicted octanol–water partition coefficient (Wildman–Crippen LogP) is 1.06. The molecule has 1 N–H and O–H groups in total. The van der Waals surface area contributed by atoms with Crippen LogP contribution in [0.25, 0.3) is 0 Å². The highest BCUT2D eigenvalue weighted by atomic mass is 16.5. The van der Waals surface area contributed by atoms with Crippen LogP contribution < -0.4 is 9.47 Å². The lowest BCUT2D eigenvalue weighted by Gasteiger charge is -2.19. The molecule has 106 valence electrons. The van der Waals surface area contributed by atoms with Crippen molar-refractivity contribution < 1.29 is 28.8 Å². The summed E-state index contributed by atoms with van der Waals surface area (Å²) >= 11 is 0. The summed E-state index contributed by atoms with van der Waals surface area (Å²) in [6, 6.07) is 3.38. The number of hydrogen-bond donors (Lipinski definition) is 1. The van der Waals surface area contributed by atoms with E-state index < -0.39 is 12.1 Å². The molecule has 1 aromatic rings. The van der Waals surface area contributed by atoms with Gasteiger partial charge in [-0.3, -0.25) is 0 Å². The number of ether oxygens (including phenoxy) is 4. The first kappa shape index (κ1) is 15.3. The van der Waals surface area contributed by atoms with Crippen molar-refractivity contribution in [1.29, 1.82) is 0 Å². The first-order valence-electron chi connectivity index (χ1n) is 5.59. The Kier molecular flexibility index (Phi) is 5.59. The van der Waals surface area contributed by atoms with Gasteiger partial charge in [0.05, 0.1) is 27.9 Å². The van der Waals surface area contributed by atoms with Gasteiger partial charge in [0.25, 0.3) is 0 Å². The van der Waals surface area contributed by atoms with Crippen LogP contribution in [0.5, 0.6) is 11.5 Å². The number of aliphatic hydroxyl groups excluding tert-OH is 1. The van der Waals surface area contributed by atoms with Crippen molar-refractivity contribution in [2.75, 3.05) is 28.4 Å². The fourth-order valence-corrected chi connectivity index (χ4v) is 1.80. The molecule has 0 heterocycles. The average molecular weight is 270 g/mol. The van der Waals surface area contributed by atoms with Gasteiger partial charge in [0.1, 0.15) is 0 Å². The monoisotopic (exact) mass is 270 g/mol. The van der Waals surface area contributed by atoms with Crippen LogP contribution in [-0.4, -0.2) is 39.5 Å². The van der Waals surface area contributed by atoms with Crippen molar-refractivity contribution in [3.05, 3.63) is 23.3 Å². The number of benzene rings is 1. The largest absolute Gasteiger partial charge is 0.493 e. The van der Waals surface area contributed by atoms with Crippen LogP contribution in [0.4, 0.5) is 0 Å². The lowest BCUT2D eigenvalue weighted by Crippen LogP contribution is -2.17. The third kappa shape index (κ3) is 3.15. The van der Waals surface area contributed by atoms with E-state index in [1.54, 1.807) is 12.1 Å². The molecular weight excluding hydrogens is 252 g/mol. The number of aliphatic hydroxyl groups is 1. The second-order valence-electron chi connectivity index (χ2n) is 3.73. The van der Waals surface area contributed by atoms with Gasteiger partial charge in [0.15, 0.2) is 17.6 Å². The molecule has 0 spiro atoms. The maximum Gasteiger partial charge on any atom is 0.339 e. The van der Waals surface area contributed by atoms with Crippen LogP contribution in [-0.2, 0) is 20.9 Å². The molecule has 6 nitrogen and oxygen atoms in total. The van der Waals surface area contributed by atoms with E-state index in [1.165, 1.54) is 28.4 Å². The molecule has 1 atom stereocenters. The minimum absolute atomic E-state index is 0.226. The van der Waals surface area contributed by atoms with Gasteiger partial charge in [-0.1, -0.05) is 6.07 Å². The highest BCUT2D eigenvalue weighted by Gasteiger charge is 2.27. The fourth-order valence-electron chi connectivity index (χ4n) is 1.80. The van der Waals surface area contributed by atoms with Crippen molar-refractivity contribution >= 4 is 5.97 Å². The number of rotatable bonds is 6. The molecule has 0 saturated carbocycles. The molecule has 0 saturated heterocycles. The van der Waals surface area contributed by atoms with E-state index in [9.17, 15) is 9.90 Å². The molecule has 0 bridgehead atoms. The quantitative estimate of drug-likeness (QED) is 0.779. The molecule has 0 amide bonds. The lowest BCUT2D eigenvalue weighted by molar-refractivity contribution is -0.150. The topological polar surface area (TPSA) is 74.2 Å². The Hall–Kier alpha value is -1.79. The molecular formula is C13H18O6. The molecule has 0 aliphatic rings. The Labute approximate surface area is 111 Å². The van der Waals surface area contributed by atoms with E-state index in [-0.39, 0.29) is 17.9 Å². The summed E-state index contributed by atoms with van der Waals surface area (Å²) in [5.74, 6) is -0.0702. The van der Waals surface area contributed by atoms with Gasteiger partial charge in [0, 0.05) is 12.7 Å². The van der Waals surface area contributed by atoms with Gasteiger partial charge >= 0.3 is 5.97 Å². The lowest BCUT2D eigenvalue weighted by atomic mass is 10.0. The Morgan fingerprint density at radius 2 is 1.89 bits per heavy atom. The molecule has 0 fully saturated rings. The van der Waals surface area contributed by atoms with Crippen LogP contribution in [0.3, 0.4) is 0 Å². The van der Waals surface area contributed by atoms with Gasteiger partial charge in [-0.15, -0.1) is 0 Å². The summed E-state index contributed by atoms with van der Waals surface area (Å²) < 4.78 is 20.0. The van der Waals surface area contributed by atoms with Gasteiger partial charge < -0.3 is 24.1 Å². The normalized spacial score (nSPS) is 11.8. The fraction of sp³-hybridized carbons (Fsp3) is 0.462. The molecule has 6 heteroatoms. The standard InChI is InChI=1S/C13H18O6/c1-16-7-8-5-6-9(17-2)12(18-3)10(8)11(14)13(15)19-4/h5-6,11,14H,7H2,1-4H3. The molecule has 19 heavy (non-hydrogen) atoms. The van der Waals surface area contributed by atoms with Crippen LogP contribution in [0.1, 0.15) is 17.2 Å². The molecule has 0 radical (unpaired) electrons. The van der Waals surface area contributed by atoms with Crippen LogP contribution in [0.15, 0.2) is 12.1 Å². The summed E-state index contributed by atoms with van der Waals surface area (Å²) in [5, 5.41) is 10.1. The van der Waals surface area contributed by atoms with E-state index >= 15 is 0 Å². The summed E-state index contributed by atoms with van der Waals surface area (Å²) in [7, 11) is 5.63. The van der Waals surface area contributed by atoms with Crippen LogP contribution in [0.2, 0.25) is 0 Å². The number of carbonyl (C=O) groups is 1. The Morgan fingerprint density at radius 3 is 2.37 bits per heavy atom. The predicted molar refractivity (Wildman–Crippen MR) is 67.2 cm³/mol. The second kappa shape index (κ2) is 6.96. The van der Waals surface area contributed by atoms with E-state index in [1.807, 2.05) is 0 Å². The zero-order valence-corrected chi connectivity index (χ0v) is 11.4. The minimum atomic E-state index is -1.46. The van der Waals surface area contributed by atoms with Gasteiger partial charge in [-0.05, 0) is 11.6 Å². The minimum Gasteiger partial charge on any atom is -0.493 e. The SMILES string of the molecule is COCc1ccc(OC)c(OC)c1C(O)C(=O)OC. The molecule has 1 rings (SSSR count). The first-order valence-corrected chi connectivity index (χ1v) is 5.59. The maximum absolute atomic E-state index is 11.5. The average Bonchev–Trinajstić information content (AvgIpc) is 2.45. The summed E-state index contributed by atoms with van der Waals surface area (Å²) in [4.78, 5) is 11.5. The third-order valence-corrected chi connectivity index (χ3v) is 2.67. The Bertz CT molecular complexity index is 443. The summed E-state index contributed by atoms with van der Waals surface area (Å²) in [6.45, 7) is 0.226. The smallest absolute Gasteiger partial charge is 0.339 e. The van der Waals surface area contributed by atoms with Crippen molar-refractivity contribution in [2.45, 2.75) is 12.7 Å². The van der Waals surface area contributed by atoms with Crippen molar-refractivity contribution in [3.8, 4) is 11.5 Å². The molecule has 0 aliphatic heterocycles. The number of methoxy groups -OCH3 is 4. The Balaban J connectivity index is 3.40. The van der Waals surface area contributed by atoms with Crippen LogP contribution >= 0.6 is 0 Å². The second-order valence-corrected chi connectivity index (χ2v) is 3.73. The summed E-state index contributed by atoms with van der Waals surface area (Å²) in [6.07, 6.45) is -1.46. The maximum atomic E-state index is 11.5. The van der Waals surface area contributed by atoms with Gasteiger partial charge in [-0.25, -0.2) is 4.79 Å². The molecule has 0 aliphatic carbocycles. The zero-order valence-electron chi connectivity index (χ0n) is 11.4. The number of esters is 1. The van der Waals surface area contributed by atoms with Crippen molar-refractivity contribution in [1.82, 2.24) is 0 Å². The summed E-state index contributed by atoms with van der Waals surface area (Å²) in [5.41, 5.74) is 0.911. The Morgan fingerprint density at radius 1 is 1.21 bits per heavy atom. The number of carbonyl (C=O) groups excluding carboxylic acids is 1. The number of hydrogen-bond acceptors (Lipinski definition) is 6. The first-order chi connectivity index (χ1) is 9.10. The van der Waals surface area contributed by atoms with E-state index in [2.05, 4.69) is 4.74 Å². The third-order valence-electron chi connectivity index (χ3n) is 2.67. The van der Waals surface area contributed by atoms with Gasteiger partial charge in [-0.2, -0.15) is 0 Å². The van der Waals surface area contributed by atoms with Gasteiger partial charge in [0.2, 0.25) is 0 Å². The highest BCUT2D eigenvalue weighted by molar-refractivity contribution is 5.78. The van der Waals surface area contributed by atoms with E-state index in [0.717, 1.165) is 0 Å². The molecule has 1 aromatic carbocycles. The highest BCUT2D eigenvalue weighted by Crippen LogP contribution is 2.38.